The third kappa shape index (κ3) is 6.78. The number of para-hydroxylation sites is 1. The Morgan fingerprint density at radius 3 is 1.11 bits per heavy atom. The highest BCUT2D eigenvalue weighted by atomic mass is 31.1. The van der Waals surface area contributed by atoms with Gasteiger partial charge in [-0.1, -0.05) is 133 Å². The molecule has 4 nitrogen and oxygen atoms in total. The van der Waals surface area contributed by atoms with Crippen molar-refractivity contribution in [3.63, 3.8) is 0 Å². The number of aromatic hydroxyl groups is 1. The first-order chi connectivity index (χ1) is 21.8. The van der Waals surface area contributed by atoms with E-state index in [1.54, 1.807) is 30.7 Å². The van der Waals surface area contributed by atoms with Crippen LogP contribution in [-0.2, 0) is 0 Å². The Morgan fingerprint density at radius 2 is 0.705 bits per heavy atom. The lowest BCUT2D eigenvalue weighted by Crippen LogP contribution is -2.20. The average Bonchev–Trinajstić information content (AvgIpc) is 3.11. The van der Waals surface area contributed by atoms with Gasteiger partial charge in [0, 0.05) is 34.7 Å². The lowest BCUT2D eigenvalue weighted by Gasteiger charge is -2.18. The van der Waals surface area contributed by atoms with Crippen molar-refractivity contribution in [2.75, 3.05) is 0 Å². The predicted molar refractivity (Wildman–Crippen MR) is 186 cm³/mol. The second-order valence-corrected chi connectivity index (χ2v) is 12.1. The molecule has 0 aliphatic rings. The minimum atomic E-state index is -0.446. The van der Waals surface area contributed by atoms with E-state index in [-0.39, 0.29) is 5.75 Å². The highest BCUT2D eigenvalue weighted by molar-refractivity contribution is 7.79. The highest BCUT2D eigenvalue weighted by Gasteiger charge is 2.15. The van der Waals surface area contributed by atoms with Crippen molar-refractivity contribution in [2.45, 2.75) is 0 Å². The van der Waals surface area contributed by atoms with E-state index in [4.69, 9.17) is 0 Å². The molecule has 212 valence electrons. The van der Waals surface area contributed by atoms with Gasteiger partial charge in [-0.2, -0.15) is 0 Å². The summed E-state index contributed by atoms with van der Waals surface area (Å²) >= 11 is 0. The molecule has 1 N–H and O–H groups in total. The summed E-state index contributed by atoms with van der Waals surface area (Å²) in [5, 5.41) is 16.7. The number of pyridine rings is 3. The first kappa shape index (κ1) is 28.7. The van der Waals surface area contributed by atoms with Gasteiger partial charge < -0.3 is 5.11 Å². The maximum absolute atomic E-state index is 9.31. The Morgan fingerprint density at radius 1 is 0.341 bits per heavy atom. The molecule has 8 rings (SSSR count). The van der Waals surface area contributed by atoms with Gasteiger partial charge >= 0.3 is 0 Å². The molecule has 5 aromatic carbocycles. The van der Waals surface area contributed by atoms with Crippen molar-refractivity contribution in [1.29, 1.82) is 0 Å². The van der Waals surface area contributed by atoms with E-state index < -0.39 is 7.92 Å². The molecule has 0 atom stereocenters. The first-order valence-corrected chi connectivity index (χ1v) is 15.7. The SMILES string of the molecule is Oc1cccc2cccnc12.c1ccc(P(c2ccccc2)c2ccccc2)cc1.c1cnc2c(c1)ccc1cccnc12. The summed E-state index contributed by atoms with van der Waals surface area (Å²) in [5.74, 6) is 0.239. The van der Waals surface area contributed by atoms with Gasteiger partial charge in [0.25, 0.3) is 0 Å². The molecule has 3 heterocycles. The Labute approximate surface area is 258 Å². The van der Waals surface area contributed by atoms with Gasteiger partial charge in [-0.25, -0.2) is 0 Å². The van der Waals surface area contributed by atoms with Crippen LogP contribution in [0.2, 0.25) is 0 Å². The minimum Gasteiger partial charge on any atom is -0.506 e. The van der Waals surface area contributed by atoms with Crippen molar-refractivity contribution >= 4 is 56.5 Å². The lowest BCUT2D eigenvalue weighted by molar-refractivity contribution is 0.480. The van der Waals surface area contributed by atoms with Crippen LogP contribution < -0.4 is 15.9 Å². The molecule has 0 radical (unpaired) electrons. The Kier molecular flexibility index (Phi) is 9.22. The maximum Gasteiger partial charge on any atom is 0.141 e. The zero-order chi connectivity index (χ0) is 30.0. The van der Waals surface area contributed by atoms with Crippen LogP contribution in [0.25, 0.3) is 32.7 Å². The molecule has 0 saturated carbocycles. The molecule has 5 heteroatoms. The molecule has 8 aromatic rings. The highest BCUT2D eigenvalue weighted by Crippen LogP contribution is 2.32. The van der Waals surface area contributed by atoms with E-state index in [1.807, 2.05) is 30.3 Å². The molecular weight excluding hydrogens is 557 g/mol. The van der Waals surface area contributed by atoms with Gasteiger partial charge in [-0.05, 0) is 48.1 Å². The van der Waals surface area contributed by atoms with E-state index in [9.17, 15) is 5.11 Å². The summed E-state index contributed by atoms with van der Waals surface area (Å²) in [7, 11) is -0.446. The largest absolute Gasteiger partial charge is 0.506 e. The number of hydrogen-bond acceptors (Lipinski definition) is 4. The standard InChI is InChI=1S/C18H15P.C12H8N2.C9H7NO/c1-4-10-16(11-5-1)19(17-12-6-2-7-13-17)18-14-8-3-9-15-18;1-3-9-5-6-10-4-2-8-14-12(10)11(9)13-7-1;11-8-5-1-3-7-4-2-6-10-9(7)8/h1-15H;1-8H;1-6,11H. The molecule has 0 amide bonds. The quantitative estimate of drug-likeness (QED) is 0.167. The van der Waals surface area contributed by atoms with E-state index in [0.29, 0.717) is 5.52 Å². The van der Waals surface area contributed by atoms with Crippen molar-refractivity contribution in [1.82, 2.24) is 15.0 Å². The Bertz CT molecular complexity index is 1930. The summed E-state index contributed by atoms with van der Waals surface area (Å²) < 4.78 is 0. The molecule has 3 aromatic heterocycles. The fraction of sp³-hybridized carbons (Fsp3) is 0. The monoisotopic (exact) mass is 587 g/mol. The third-order valence-electron chi connectivity index (χ3n) is 7.00. The second-order valence-electron chi connectivity index (χ2n) is 9.91. The number of phenols is 1. The molecule has 0 bridgehead atoms. The molecular formula is C39H30N3OP. The number of fused-ring (bicyclic) bond motifs is 4. The van der Waals surface area contributed by atoms with Crippen LogP contribution in [0.15, 0.2) is 176 Å². The Hall–Kier alpha value is -5.44. The van der Waals surface area contributed by atoms with Crippen LogP contribution in [0.1, 0.15) is 0 Å². The molecule has 0 aliphatic carbocycles. The van der Waals surface area contributed by atoms with Crippen LogP contribution in [-0.4, -0.2) is 20.1 Å². The molecule has 0 fully saturated rings. The average molecular weight is 588 g/mol. The molecule has 0 unspecified atom stereocenters. The van der Waals surface area contributed by atoms with Crippen molar-refractivity contribution < 1.29 is 5.11 Å². The van der Waals surface area contributed by atoms with E-state index in [0.717, 1.165) is 27.2 Å². The molecule has 0 saturated heterocycles. The van der Waals surface area contributed by atoms with Crippen LogP contribution in [0, 0.1) is 0 Å². The molecule has 0 spiro atoms. The third-order valence-corrected chi connectivity index (χ3v) is 9.44. The number of phenolic OH excluding ortho intramolecular Hbond substituents is 1. The topological polar surface area (TPSA) is 58.9 Å². The fourth-order valence-corrected chi connectivity index (χ4v) is 7.25. The summed E-state index contributed by atoms with van der Waals surface area (Å²) in [6.07, 6.45) is 5.27. The van der Waals surface area contributed by atoms with Gasteiger partial charge in [0.15, 0.2) is 0 Å². The summed E-state index contributed by atoms with van der Waals surface area (Å²) in [5.41, 5.74) is 2.62. The number of benzene rings is 5. The van der Waals surface area contributed by atoms with Gasteiger partial charge in [0.05, 0.1) is 11.0 Å². The number of aromatic nitrogens is 3. The number of rotatable bonds is 3. The van der Waals surface area contributed by atoms with Crippen molar-refractivity contribution in [3.8, 4) is 5.75 Å². The van der Waals surface area contributed by atoms with Crippen molar-refractivity contribution in [2.24, 2.45) is 0 Å². The smallest absolute Gasteiger partial charge is 0.141 e. The summed E-state index contributed by atoms with van der Waals surface area (Å²) in [4.78, 5) is 12.7. The molecule has 0 aliphatic heterocycles. The van der Waals surface area contributed by atoms with Crippen molar-refractivity contribution in [3.05, 3.63) is 176 Å². The zero-order valence-electron chi connectivity index (χ0n) is 24.0. The van der Waals surface area contributed by atoms with Crippen LogP contribution in [0.4, 0.5) is 0 Å². The fourth-order valence-electron chi connectivity index (χ4n) is 4.95. The van der Waals surface area contributed by atoms with Gasteiger partial charge in [0.1, 0.15) is 11.3 Å². The maximum atomic E-state index is 9.31. The van der Waals surface area contributed by atoms with E-state index >= 15 is 0 Å². The van der Waals surface area contributed by atoms with Crippen LogP contribution >= 0.6 is 7.92 Å². The van der Waals surface area contributed by atoms with Crippen LogP contribution in [0.3, 0.4) is 0 Å². The van der Waals surface area contributed by atoms with Crippen LogP contribution in [0.5, 0.6) is 5.75 Å². The minimum absolute atomic E-state index is 0.239. The summed E-state index contributed by atoms with van der Waals surface area (Å²) in [6, 6.07) is 53.6. The van der Waals surface area contributed by atoms with E-state index in [1.165, 1.54) is 15.9 Å². The van der Waals surface area contributed by atoms with Gasteiger partial charge in [-0.15, -0.1) is 0 Å². The second kappa shape index (κ2) is 14.2. The summed E-state index contributed by atoms with van der Waals surface area (Å²) in [6.45, 7) is 0. The normalized spacial score (nSPS) is 10.6. The zero-order valence-corrected chi connectivity index (χ0v) is 24.9. The van der Waals surface area contributed by atoms with E-state index in [2.05, 4.69) is 130 Å². The Balaban J connectivity index is 0.000000122. The number of hydrogen-bond donors (Lipinski definition) is 1. The lowest BCUT2D eigenvalue weighted by atomic mass is 10.1. The van der Waals surface area contributed by atoms with Gasteiger partial charge in [-0.3, -0.25) is 15.0 Å². The molecule has 44 heavy (non-hydrogen) atoms. The first-order valence-electron chi connectivity index (χ1n) is 14.3. The van der Waals surface area contributed by atoms with Gasteiger partial charge in [0.2, 0.25) is 0 Å². The number of nitrogens with zero attached hydrogens (tertiary/aromatic N) is 3. The predicted octanol–water partition coefficient (Wildman–Crippen LogP) is 8.17.